The number of thiazole rings is 2. The van der Waals surface area contributed by atoms with Gasteiger partial charge in [-0.25, -0.2) is 14.4 Å². The van der Waals surface area contributed by atoms with Crippen LogP contribution in [0.25, 0.3) is 6.08 Å². The second-order valence-electron chi connectivity index (χ2n) is 16.2. The van der Waals surface area contributed by atoms with E-state index in [1.807, 2.05) is 0 Å². The van der Waals surface area contributed by atoms with Gasteiger partial charge in [0.25, 0.3) is 17.7 Å². The maximum absolute atomic E-state index is 15.7. The lowest BCUT2D eigenvalue weighted by atomic mass is 10.1. The number of carbonyl (C=O) groups excluding carboxylic acids is 6. The largest absolute Gasteiger partial charge is 0.331 e. The molecule has 4 fully saturated rings. The van der Waals surface area contributed by atoms with E-state index in [2.05, 4.69) is 40.3 Å². The summed E-state index contributed by atoms with van der Waals surface area (Å²) in [5.41, 5.74) is 2.99. The number of hydrogen-bond acceptors (Lipinski definition) is 12. The molecule has 0 spiro atoms. The summed E-state index contributed by atoms with van der Waals surface area (Å²) in [6.07, 6.45) is 9.00. The predicted molar refractivity (Wildman–Crippen MR) is 255 cm³/mol. The molecule has 0 unspecified atom stereocenters. The van der Waals surface area contributed by atoms with Crippen LogP contribution in [0, 0.1) is 31.5 Å². The zero-order valence-corrected chi connectivity index (χ0v) is 40.0. The van der Waals surface area contributed by atoms with Crippen molar-refractivity contribution in [3.8, 4) is 0 Å². The second kappa shape index (κ2) is 19.7. The third-order valence-electron chi connectivity index (χ3n) is 11.3. The number of halogens is 2. The zero-order valence-electron chi connectivity index (χ0n) is 36.0. The van der Waals surface area contributed by atoms with Gasteiger partial charge >= 0.3 is 0 Å². The van der Waals surface area contributed by atoms with Crippen LogP contribution in [0.15, 0.2) is 92.0 Å². The molecule has 4 aromatic rings. The van der Waals surface area contributed by atoms with E-state index in [0.717, 1.165) is 53.0 Å². The van der Waals surface area contributed by atoms with Gasteiger partial charge in [0.1, 0.15) is 5.82 Å². The highest BCUT2D eigenvalue weighted by molar-refractivity contribution is 8.01. The Balaban J connectivity index is 0.944. The van der Waals surface area contributed by atoms with Crippen LogP contribution in [0.3, 0.4) is 0 Å². The smallest absolute Gasteiger partial charge is 0.254 e. The van der Waals surface area contributed by atoms with Crippen LogP contribution in [0.2, 0.25) is 5.02 Å². The fourth-order valence-corrected chi connectivity index (χ4v) is 11.6. The molecule has 342 valence electrons. The lowest BCUT2D eigenvalue weighted by molar-refractivity contribution is -0.126. The predicted octanol–water partition coefficient (Wildman–Crippen LogP) is 8.50. The van der Waals surface area contributed by atoms with E-state index >= 15 is 4.39 Å². The Kier molecular flexibility index (Phi) is 14.0. The first-order valence-corrected chi connectivity index (χ1v) is 24.6. The summed E-state index contributed by atoms with van der Waals surface area (Å²) in [6, 6.07) is 6.25. The molecular formula is C46H44ClFN8O6S4. The quantitative estimate of drug-likeness (QED) is 0.124. The molecule has 2 saturated carbocycles. The van der Waals surface area contributed by atoms with E-state index in [1.165, 1.54) is 63.3 Å². The molecule has 0 bridgehead atoms. The van der Waals surface area contributed by atoms with Crippen LogP contribution in [-0.2, 0) is 19.2 Å². The Bertz CT molecular complexity index is 2760. The normalized spacial score (nSPS) is 16.5. The molecule has 2 aliphatic carbocycles. The molecular weight excluding hydrogens is 943 g/mol. The van der Waals surface area contributed by atoms with Crippen molar-refractivity contribution in [2.24, 2.45) is 11.8 Å². The highest BCUT2D eigenvalue weighted by Crippen LogP contribution is 2.42. The van der Waals surface area contributed by atoms with E-state index in [-0.39, 0.29) is 96.2 Å². The van der Waals surface area contributed by atoms with Gasteiger partial charge in [0.2, 0.25) is 17.7 Å². The average molecular weight is 988 g/mol. The molecule has 0 atom stereocenters. The highest BCUT2D eigenvalue weighted by atomic mass is 35.5. The summed E-state index contributed by atoms with van der Waals surface area (Å²) >= 11 is 11.5. The Morgan fingerprint density at radius 2 is 1.33 bits per heavy atom. The van der Waals surface area contributed by atoms with Crippen molar-refractivity contribution in [1.29, 1.82) is 0 Å². The number of piperazine rings is 2. The Labute approximate surface area is 402 Å². The van der Waals surface area contributed by atoms with E-state index in [1.54, 1.807) is 42.0 Å². The Morgan fingerprint density at radius 1 is 0.773 bits per heavy atom. The van der Waals surface area contributed by atoms with Gasteiger partial charge in [-0.1, -0.05) is 77.5 Å². The number of anilines is 2. The van der Waals surface area contributed by atoms with Gasteiger partial charge in [-0.3, -0.25) is 28.8 Å². The molecule has 4 aliphatic rings. The van der Waals surface area contributed by atoms with Gasteiger partial charge in [-0.2, -0.15) is 0 Å². The van der Waals surface area contributed by atoms with Crippen LogP contribution in [0.4, 0.5) is 14.7 Å². The lowest BCUT2D eigenvalue weighted by Gasteiger charge is -2.36. The lowest BCUT2D eigenvalue weighted by Crippen LogP contribution is -2.48. The maximum Gasteiger partial charge on any atom is 0.254 e. The zero-order chi connectivity index (χ0) is 47.0. The van der Waals surface area contributed by atoms with Crippen molar-refractivity contribution in [2.45, 2.75) is 57.7 Å². The molecule has 2 aliphatic heterocycles. The van der Waals surface area contributed by atoms with Crippen LogP contribution in [-0.4, -0.2) is 104 Å². The van der Waals surface area contributed by atoms with Crippen LogP contribution in [0.5, 0.6) is 0 Å². The molecule has 2 saturated heterocycles. The SMILES string of the molecule is C=CC(=O)N1CCN(C(=O)c2cc(Sc3sc(NC(=O)C4CC4)nc3/C=C/C(=O)N3CCN(C(=O)c4cc(Sc5cnc(NC(=O)C6CC6)s5)c(Cl)cc4C)CC3=C)c(F)cc2C)CC1=C. The highest BCUT2D eigenvalue weighted by Gasteiger charge is 2.33. The van der Waals surface area contributed by atoms with Gasteiger partial charge < -0.3 is 30.2 Å². The second-order valence-corrected chi connectivity index (χ2v) is 21.3. The fourth-order valence-electron chi connectivity index (χ4n) is 7.25. The van der Waals surface area contributed by atoms with Crippen molar-refractivity contribution >= 4 is 110 Å². The topological polar surface area (TPSA) is 165 Å². The van der Waals surface area contributed by atoms with E-state index in [4.69, 9.17) is 11.6 Å². The summed E-state index contributed by atoms with van der Waals surface area (Å²) < 4.78 is 17.0. The number of carbonyl (C=O) groups is 6. The van der Waals surface area contributed by atoms with Crippen molar-refractivity contribution < 1.29 is 33.2 Å². The van der Waals surface area contributed by atoms with Gasteiger partial charge in [0.05, 0.1) is 38.4 Å². The molecule has 2 aromatic heterocycles. The summed E-state index contributed by atoms with van der Waals surface area (Å²) in [7, 11) is 0. The molecule has 66 heavy (non-hydrogen) atoms. The summed E-state index contributed by atoms with van der Waals surface area (Å²) in [4.78, 5) is 94.5. The molecule has 2 N–H and O–H groups in total. The van der Waals surface area contributed by atoms with Crippen LogP contribution in [0.1, 0.15) is 63.2 Å². The molecule has 0 radical (unpaired) electrons. The third kappa shape index (κ3) is 10.7. The van der Waals surface area contributed by atoms with Crippen LogP contribution >= 0.6 is 57.8 Å². The minimum Gasteiger partial charge on any atom is -0.331 e. The number of amides is 6. The Hall–Kier alpha value is -5.60. The summed E-state index contributed by atoms with van der Waals surface area (Å²) in [5.74, 6) is -2.14. The number of nitrogens with zero attached hydrogens (tertiary/aromatic N) is 6. The molecule has 20 heteroatoms. The van der Waals surface area contributed by atoms with E-state index < -0.39 is 11.7 Å². The minimum absolute atomic E-state index is 0.0312. The average Bonchev–Trinajstić information content (AvgIpc) is 4.23. The molecule has 14 nitrogen and oxygen atoms in total. The number of hydrogen-bond donors (Lipinski definition) is 2. The maximum atomic E-state index is 15.7. The number of aromatic nitrogens is 2. The number of benzene rings is 2. The van der Waals surface area contributed by atoms with E-state index in [0.29, 0.717) is 53.0 Å². The monoisotopic (exact) mass is 986 g/mol. The van der Waals surface area contributed by atoms with Crippen molar-refractivity contribution in [2.75, 3.05) is 49.9 Å². The first kappa shape index (κ1) is 46.9. The van der Waals surface area contributed by atoms with Gasteiger partial charge in [0.15, 0.2) is 10.3 Å². The fraction of sp³-hybridized carbons (Fsp3) is 0.304. The van der Waals surface area contributed by atoms with Gasteiger partial charge in [-0.05, 0) is 87.1 Å². The summed E-state index contributed by atoms with van der Waals surface area (Å²) in [5, 5.41) is 6.95. The molecule has 2 aromatic carbocycles. The van der Waals surface area contributed by atoms with E-state index in [9.17, 15) is 28.8 Å². The Morgan fingerprint density at radius 3 is 1.91 bits per heavy atom. The van der Waals surface area contributed by atoms with Crippen molar-refractivity contribution in [3.63, 3.8) is 0 Å². The van der Waals surface area contributed by atoms with Gasteiger partial charge in [-0.15, -0.1) is 0 Å². The van der Waals surface area contributed by atoms with Crippen LogP contribution < -0.4 is 10.6 Å². The number of aryl methyl sites for hydroxylation is 2. The first-order valence-electron chi connectivity index (χ1n) is 21.0. The number of rotatable bonds is 13. The first-order chi connectivity index (χ1) is 31.6. The molecule has 8 rings (SSSR count). The van der Waals surface area contributed by atoms with Crippen molar-refractivity contribution in [3.05, 3.63) is 113 Å². The third-order valence-corrected chi connectivity index (χ3v) is 16.0. The number of nitrogens with one attached hydrogen (secondary N) is 2. The minimum atomic E-state index is -0.570. The van der Waals surface area contributed by atoms with Gasteiger partial charge in [0, 0.05) is 76.4 Å². The van der Waals surface area contributed by atoms with Crippen molar-refractivity contribution in [1.82, 2.24) is 29.6 Å². The molecule has 4 heterocycles. The molecule has 6 amide bonds. The standard InChI is InChI=1S/C46H44ClFN8O6S4/c1-6-37(57)55-15-13-53(22-26(55)4)43(62)31-20-36(33(48)18-25(31)3)64-44-34(50-46(66-44)52-41(60)29-9-10-29)11-12-38(58)56-16-14-54(23-27(56)5)42(61)30-19-35(32(47)17-24(30)2)63-39-21-49-45(65-39)51-40(59)28-7-8-28/h6,11-12,17-21,28-29H,1,4-5,7-10,13-16,22-23H2,2-3H3,(H,49,51,59)(H,50,52,60)/b12-11+. The summed E-state index contributed by atoms with van der Waals surface area (Å²) in [6.45, 7) is 16.1.